The minimum absolute atomic E-state index is 0.235. The molecule has 0 radical (unpaired) electrons. The van der Waals surface area contributed by atoms with E-state index in [1.807, 2.05) is 4.68 Å². The fraction of sp³-hybridized carbons (Fsp3) is 0.857. The van der Waals surface area contributed by atoms with Crippen LogP contribution in [0.5, 0.6) is 0 Å². The number of nitrogens with zero attached hydrogens (tertiary/aromatic N) is 3. The Balaban J connectivity index is 2.38. The van der Waals surface area contributed by atoms with Crippen LogP contribution in [0.3, 0.4) is 0 Å². The second-order valence-electron chi connectivity index (χ2n) is 6.26. The van der Waals surface area contributed by atoms with E-state index in [4.69, 9.17) is 4.74 Å². The van der Waals surface area contributed by atoms with Gasteiger partial charge in [-0.05, 0) is 17.8 Å². The van der Waals surface area contributed by atoms with Gasteiger partial charge in [0.05, 0.1) is 6.54 Å². The molecule has 19 heavy (non-hydrogen) atoms. The van der Waals surface area contributed by atoms with Gasteiger partial charge in [0.25, 0.3) is 0 Å². The smallest absolute Gasteiger partial charge is 0.140 e. The van der Waals surface area contributed by atoms with Gasteiger partial charge in [-0.1, -0.05) is 27.7 Å². The molecule has 110 valence electrons. The Bertz CT molecular complexity index is 360. The van der Waals surface area contributed by atoms with E-state index < -0.39 is 0 Å². The molecule has 0 amide bonds. The Morgan fingerprint density at radius 2 is 2.16 bits per heavy atom. The van der Waals surface area contributed by atoms with Gasteiger partial charge >= 0.3 is 0 Å². The number of hydrogen-bond donors (Lipinski definition) is 1. The molecule has 0 aliphatic carbocycles. The average molecular weight is 268 g/mol. The Morgan fingerprint density at radius 3 is 2.79 bits per heavy atom. The predicted molar refractivity (Wildman–Crippen MR) is 76.8 cm³/mol. The van der Waals surface area contributed by atoms with Crippen molar-refractivity contribution in [2.45, 2.75) is 47.2 Å². The molecule has 1 rings (SSSR count). The molecule has 0 unspecified atom stereocenters. The Hall–Kier alpha value is -0.940. The lowest BCUT2D eigenvalue weighted by atomic mass is 9.90. The van der Waals surface area contributed by atoms with Crippen molar-refractivity contribution in [1.29, 1.82) is 0 Å². The highest BCUT2D eigenvalue weighted by Gasteiger charge is 2.17. The minimum Gasteiger partial charge on any atom is -0.385 e. The number of hydrogen-bond acceptors (Lipinski definition) is 4. The molecule has 1 aromatic rings. The second kappa shape index (κ2) is 7.60. The minimum atomic E-state index is 0.235. The van der Waals surface area contributed by atoms with Gasteiger partial charge < -0.3 is 10.1 Å². The topological polar surface area (TPSA) is 52.0 Å². The van der Waals surface area contributed by atoms with Crippen molar-refractivity contribution in [2.24, 2.45) is 11.3 Å². The number of nitrogens with one attached hydrogen (secondary N) is 1. The first kappa shape index (κ1) is 16.1. The lowest BCUT2D eigenvalue weighted by Gasteiger charge is -2.24. The van der Waals surface area contributed by atoms with Crippen LogP contribution in [0, 0.1) is 11.3 Å². The third-order valence-electron chi connectivity index (χ3n) is 3.10. The molecule has 1 N–H and O–H groups in total. The van der Waals surface area contributed by atoms with E-state index in [1.165, 1.54) is 0 Å². The highest BCUT2D eigenvalue weighted by molar-refractivity contribution is 4.85. The lowest BCUT2D eigenvalue weighted by Crippen LogP contribution is -2.31. The molecule has 1 heterocycles. The maximum atomic E-state index is 5.14. The van der Waals surface area contributed by atoms with Crippen LogP contribution in [0.15, 0.2) is 6.33 Å². The van der Waals surface area contributed by atoms with Crippen molar-refractivity contribution in [3.05, 3.63) is 12.2 Å². The van der Waals surface area contributed by atoms with E-state index in [0.717, 1.165) is 38.5 Å². The van der Waals surface area contributed by atoms with Crippen molar-refractivity contribution in [2.75, 3.05) is 20.3 Å². The summed E-state index contributed by atoms with van der Waals surface area (Å²) >= 11 is 0. The van der Waals surface area contributed by atoms with E-state index in [-0.39, 0.29) is 5.41 Å². The summed E-state index contributed by atoms with van der Waals surface area (Å²) in [4.78, 5) is 4.32. The molecular weight excluding hydrogens is 240 g/mol. The van der Waals surface area contributed by atoms with E-state index in [2.05, 4.69) is 43.1 Å². The van der Waals surface area contributed by atoms with Crippen LogP contribution >= 0.6 is 0 Å². The maximum Gasteiger partial charge on any atom is 0.140 e. The van der Waals surface area contributed by atoms with Crippen molar-refractivity contribution in [1.82, 2.24) is 20.1 Å². The van der Waals surface area contributed by atoms with Gasteiger partial charge in [-0.15, -0.1) is 0 Å². The molecule has 5 heteroatoms. The number of aromatic nitrogens is 3. The summed E-state index contributed by atoms with van der Waals surface area (Å²) < 4.78 is 7.12. The van der Waals surface area contributed by atoms with Crippen molar-refractivity contribution in [3.8, 4) is 0 Å². The van der Waals surface area contributed by atoms with E-state index >= 15 is 0 Å². The third-order valence-corrected chi connectivity index (χ3v) is 3.10. The van der Waals surface area contributed by atoms with Crippen LogP contribution in [0.25, 0.3) is 0 Å². The molecule has 0 bridgehead atoms. The fourth-order valence-corrected chi connectivity index (χ4v) is 1.90. The number of rotatable bonds is 9. The number of ether oxygens (including phenoxy) is 1. The summed E-state index contributed by atoms with van der Waals surface area (Å²) in [5.74, 6) is 1.59. The molecule has 0 saturated heterocycles. The molecule has 0 fully saturated rings. The summed E-state index contributed by atoms with van der Waals surface area (Å²) in [7, 11) is 1.75. The molecule has 0 atom stereocenters. The zero-order chi connectivity index (χ0) is 14.3. The van der Waals surface area contributed by atoms with E-state index in [1.54, 1.807) is 13.4 Å². The largest absolute Gasteiger partial charge is 0.385 e. The highest BCUT2D eigenvalue weighted by Crippen LogP contribution is 2.18. The monoisotopic (exact) mass is 268 g/mol. The van der Waals surface area contributed by atoms with Crippen LogP contribution in [0.4, 0.5) is 0 Å². The standard InChI is InChI=1S/C14H28N4O/c1-12(2)9-18-13(16-11-17-18)8-15-10-14(3,4)6-7-19-5/h11-12,15H,6-10H2,1-5H3. The molecule has 0 aromatic carbocycles. The normalized spacial score (nSPS) is 12.3. The van der Waals surface area contributed by atoms with Crippen molar-refractivity contribution < 1.29 is 4.74 Å². The van der Waals surface area contributed by atoms with E-state index in [0.29, 0.717) is 5.92 Å². The van der Waals surface area contributed by atoms with Crippen LogP contribution in [0.1, 0.15) is 39.9 Å². The van der Waals surface area contributed by atoms with Crippen molar-refractivity contribution >= 4 is 0 Å². The summed E-state index contributed by atoms with van der Waals surface area (Å²) in [6.45, 7) is 12.3. The van der Waals surface area contributed by atoms with E-state index in [9.17, 15) is 0 Å². The fourth-order valence-electron chi connectivity index (χ4n) is 1.90. The summed E-state index contributed by atoms with van der Waals surface area (Å²) in [6.07, 6.45) is 2.69. The van der Waals surface area contributed by atoms with Crippen LogP contribution in [-0.4, -0.2) is 35.0 Å². The first-order chi connectivity index (χ1) is 8.94. The SMILES string of the molecule is COCCC(C)(C)CNCc1ncnn1CC(C)C. The van der Waals surface area contributed by atoms with Gasteiger partial charge in [0.2, 0.25) is 0 Å². The zero-order valence-corrected chi connectivity index (χ0v) is 12.9. The summed E-state index contributed by atoms with van der Waals surface area (Å²) in [5, 5.41) is 7.74. The molecule has 1 aromatic heterocycles. The quantitative estimate of drug-likeness (QED) is 0.745. The summed E-state index contributed by atoms with van der Waals surface area (Å²) in [6, 6.07) is 0. The van der Waals surface area contributed by atoms with Crippen LogP contribution < -0.4 is 5.32 Å². The lowest BCUT2D eigenvalue weighted by molar-refractivity contribution is 0.150. The molecule has 0 saturated carbocycles. The third kappa shape index (κ3) is 6.16. The van der Waals surface area contributed by atoms with Crippen LogP contribution in [0.2, 0.25) is 0 Å². The maximum absolute atomic E-state index is 5.14. The van der Waals surface area contributed by atoms with Crippen molar-refractivity contribution in [3.63, 3.8) is 0 Å². The van der Waals surface area contributed by atoms with Gasteiger partial charge in [-0.25, -0.2) is 9.67 Å². The molecule has 5 nitrogen and oxygen atoms in total. The van der Waals surface area contributed by atoms with Gasteiger partial charge in [-0.3, -0.25) is 0 Å². The highest BCUT2D eigenvalue weighted by atomic mass is 16.5. The van der Waals surface area contributed by atoms with Gasteiger partial charge in [0.1, 0.15) is 12.2 Å². The Labute approximate surface area is 116 Å². The van der Waals surface area contributed by atoms with Gasteiger partial charge in [0.15, 0.2) is 0 Å². The Kier molecular flexibility index (Phi) is 6.45. The Morgan fingerprint density at radius 1 is 1.42 bits per heavy atom. The molecule has 0 aliphatic rings. The van der Waals surface area contributed by atoms with Crippen LogP contribution in [-0.2, 0) is 17.8 Å². The zero-order valence-electron chi connectivity index (χ0n) is 12.9. The molecule has 0 spiro atoms. The molecular formula is C14H28N4O. The first-order valence-corrected chi connectivity index (χ1v) is 7.01. The average Bonchev–Trinajstić information content (AvgIpc) is 2.73. The number of methoxy groups -OCH3 is 1. The van der Waals surface area contributed by atoms with Gasteiger partial charge in [-0.2, -0.15) is 5.10 Å². The summed E-state index contributed by atoms with van der Waals surface area (Å²) in [5.41, 5.74) is 0.235. The van der Waals surface area contributed by atoms with Gasteiger partial charge in [0, 0.05) is 26.8 Å². The molecule has 0 aliphatic heterocycles. The second-order valence-corrected chi connectivity index (χ2v) is 6.26. The predicted octanol–water partition coefficient (Wildman–Crippen LogP) is 2.09. The first-order valence-electron chi connectivity index (χ1n) is 7.01.